The average Bonchev–Trinajstić information content (AvgIpc) is 2.65. The molecule has 1 N–H and O–H groups in total. The van der Waals surface area contributed by atoms with Crippen LogP contribution in [0.25, 0.3) is 10.8 Å². The first-order valence-electron chi connectivity index (χ1n) is 6.14. The van der Waals surface area contributed by atoms with Gasteiger partial charge < -0.3 is 4.90 Å². The normalized spacial score (nSPS) is 15.6. The van der Waals surface area contributed by atoms with Crippen molar-refractivity contribution in [3.8, 4) is 0 Å². The van der Waals surface area contributed by atoms with E-state index in [-0.39, 0.29) is 0 Å². The second-order valence-corrected chi connectivity index (χ2v) is 4.66. The van der Waals surface area contributed by atoms with E-state index in [1.54, 1.807) is 0 Å². The van der Waals surface area contributed by atoms with E-state index in [0.717, 1.165) is 12.0 Å². The van der Waals surface area contributed by atoms with Gasteiger partial charge in [-0.15, -0.1) is 0 Å². The smallest absolute Gasteiger partial charge is 0.133 e. The highest BCUT2D eigenvalue weighted by Gasteiger charge is 2.28. The zero-order valence-electron chi connectivity index (χ0n) is 10.2. The molecule has 0 fully saturated rings. The van der Waals surface area contributed by atoms with Gasteiger partial charge in [-0.1, -0.05) is 37.3 Å². The van der Waals surface area contributed by atoms with Crippen molar-refractivity contribution in [3.05, 3.63) is 42.0 Å². The van der Waals surface area contributed by atoms with Crippen molar-refractivity contribution in [1.29, 1.82) is 5.41 Å². The van der Waals surface area contributed by atoms with Crippen LogP contribution < -0.4 is 4.90 Å². The molecule has 1 atom stereocenters. The first-order chi connectivity index (χ1) is 8.24. The molecule has 2 aromatic carbocycles. The molecule has 1 unspecified atom stereocenters. The van der Waals surface area contributed by atoms with Gasteiger partial charge in [0.25, 0.3) is 0 Å². The van der Waals surface area contributed by atoms with E-state index in [1.165, 1.54) is 16.5 Å². The van der Waals surface area contributed by atoms with Gasteiger partial charge in [0.2, 0.25) is 0 Å². The first-order valence-corrected chi connectivity index (χ1v) is 6.14. The second kappa shape index (κ2) is 3.59. The number of benzene rings is 2. The third-order valence-electron chi connectivity index (χ3n) is 3.67. The highest BCUT2D eigenvalue weighted by Crippen LogP contribution is 2.38. The minimum absolute atomic E-state index is 0.375. The Morgan fingerprint density at radius 1 is 1.18 bits per heavy atom. The van der Waals surface area contributed by atoms with Crippen molar-refractivity contribution in [2.45, 2.75) is 26.3 Å². The van der Waals surface area contributed by atoms with Gasteiger partial charge >= 0.3 is 0 Å². The van der Waals surface area contributed by atoms with Crippen molar-refractivity contribution >= 4 is 22.3 Å². The van der Waals surface area contributed by atoms with Crippen molar-refractivity contribution in [1.82, 2.24) is 0 Å². The molecule has 86 valence electrons. The zero-order valence-corrected chi connectivity index (χ0v) is 10.2. The quantitative estimate of drug-likeness (QED) is 0.825. The molecule has 0 amide bonds. The molecule has 0 bridgehead atoms. The lowest BCUT2D eigenvalue weighted by atomic mass is 10.1. The zero-order chi connectivity index (χ0) is 12.0. The molecule has 0 saturated heterocycles. The van der Waals surface area contributed by atoms with Crippen LogP contribution in [0.15, 0.2) is 36.4 Å². The Balaban J connectivity index is 2.30. The number of anilines is 1. The molecule has 0 aliphatic carbocycles. The molecule has 0 radical (unpaired) electrons. The van der Waals surface area contributed by atoms with Crippen molar-refractivity contribution in [2.75, 3.05) is 4.90 Å². The topological polar surface area (TPSA) is 27.1 Å². The molecule has 1 aliphatic rings. The Labute approximate surface area is 101 Å². The number of nitrogens with zero attached hydrogens (tertiary/aromatic N) is 1. The fraction of sp³-hybridized carbons (Fsp3) is 0.267. The standard InChI is InChI=1S/C15H16N2/c1-3-10(2)17-13-9-5-7-11-6-4-8-12(14(11)13)15(17)16/h4-10,16H,3H2,1-2H3. The lowest BCUT2D eigenvalue weighted by molar-refractivity contribution is 0.703. The first kappa shape index (κ1) is 10.3. The lowest BCUT2D eigenvalue weighted by Crippen LogP contribution is -2.35. The van der Waals surface area contributed by atoms with E-state index in [9.17, 15) is 0 Å². The van der Waals surface area contributed by atoms with Gasteiger partial charge in [-0.2, -0.15) is 0 Å². The summed E-state index contributed by atoms with van der Waals surface area (Å²) in [5.41, 5.74) is 2.26. The van der Waals surface area contributed by atoms with E-state index in [2.05, 4.69) is 49.1 Å². The summed E-state index contributed by atoms with van der Waals surface area (Å²) >= 11 is 0. The molecule has 2 aromatic rings. The highest BCUT2D eigenvalue weighted by atomic mass is 15.2. The van der Waals surface area contributed by atoms with Gasteiger partial charge in [0.05, 0.1) is 5.69 Å². The summed E-state index contributed by atoms with van der Waals surface area (Å²) in [4.78, 5) is 2.15. The minimum Gasteiger partial charge on any atom is -0.323 e. The number of hydrogen-bond acceptors (Lipinski definition) is 1. The maximum absolute atomic E-state index is 8.34. The van der Waals surface area contributed by atoms with Crippen LogP contribution in [-0.2, 0) is 0 Å². The van der Waals surface area contributed by atoms with Crippen LogP contribution in [0.4, 0.5) is 5.69 Å². The Bertz CT molecular complexity index is 596. The lowest BCUT2D eigenvalue weighted by Gasteiger charge is -2.26. The van der Waals surface area contributed by atoms with Crippen LogP contribution in [-0.4, -0.2) is 11.9 Å². The van der Waals surface area contributed by atoms with Crippen LogP contribution >= 0.6 is 0 Å². The minimum atomic E-state index is 0.375. The summed E-state index contributed by atoms with van der Waals surface area (Å²) in [5.74, 6) is 0.645. The molecule has 0 saturated carbocycles. The average molecular weight is 224 g/mol. The van der Waals surface area contributed by atoms with Crippen LogP contribution in [0.2, 0.25) is 0 Å². The molecule has 0 aromatic heterocycles. The monoisotopic (exact) mass is 224 g/mol. The predicted molar refractivity (Wildman–Crippen MR) is 73.0 cm³/mol. The Morgan fingerprint density at radius 2 is 1.88 bits per heavy atom. The van der Waals surface area contributed by atoms with Gasteiger partial charge in [-0.05, 0) is 24.8 Å². The summed E-state index contributed by atoms with van der Waals surface area (Å²) in [6, 6.07) is 12.9. The summed E-state index contributed by atoms with van der Waals surface area (Å²) in [6.07, 6.45) is 1.05. The van der Waals surface area contributed by atoms with Crippen molar-refractivity contribution in [2.24, 2.45) is 0 Å². The molecule has 2 heteroatoms. The van der Waals surface area contributed by atoms with E-state index >= 15 is 0 Å². The second-order valence-electron chi connectivity index (χ2n) is 4.66. The van der Waals surface area contributed by atoms with Gasteiger partial charge in [0.1, 0.15) is 5.84 Å². The third kappa shape index (κ3) is 1.30. The van der Waals surface area contributed by atoms with E-state index < -0.39 is 0 Å². The summed E-state index contributed by atoms with van der Waals surface area (Å²) in [7, 11) is 0. The molecule has 1 aliphatic heterocycles. The Kier molecular flexibility index (Phi) is 2.18. The maximum Gasteiger partial charge on any atom is 0.133 e. The van der Waals surface area contributed by atoms with Crippen LogP contribution in [0.5, 0.6) is 0 Å². The molecule has 3 rings (SSSR count). The number of nitrogens with one attached hydrogen (secondary N) is 1. The number of amidine groups is 1. The Hall–Kier alpha value is -1.83. The largest absolute Gasteiger partial charge is 0.323 e. The van der Waals surface area contributed by atoms with E-state index in [4.69, 9.17) is 5.41 Å². The fourth-order valence-electron chi connectivity index (χ4n) is 2.61. The van der Waals surface area contributed by atoms with Gasteiger partial charge in [0, 0.05) is 17.0 Å². The van der Waals surface area contributed by atoms with Crippen LogP contribution in [0.1, 0.15) is 25.8 Å². The molecule has 2 nitrogen and oxygen atoms in total. The van der Waals surface area contributed by atoms with E-state index in [0.29, 0.717) is 11.9 Å². The fourth-order valence-corrected chi connectivity index (χ4v) is 2.61. The number of hydrogen-bond donors (Lipinski definition) is 1. The SMILES string of the molecule is CCC(C)N1C(=N)c2cccc3cccc1c23. The van der Waals surface area contributed by atoms with Crippen LogP contribution in [0, 0.1) is 5.41 Å². The third-order valence-corrected chi connectivity index (χ3v) is 3.67. The summed E-state index contributed by atoms with van der Waals surface area (Å²) in [5, 5.41) is 10.8. The molecule has 0 spiro atoms. The van der Waals surface area contributed by atoms with E-state index in [1.807, 2.05) is 6.07 Å². The predicted octanol–water partition coefficient (Wildman–Crippen LogP) is 3.78. The van der Waals surface area contributed by atoms with Crippen molar-refractivity contribution < 1.29 is 0 Å². The summed E-state index contributed by atoms with van der Waals surface area (Å²) in [6.45, 7) is 4.35. The van der Waals surface area contributed by atoms with Gasteiger partial charge in [-0.3, -0.25) is 5.41 Å². The highest BCUT2D eigenvalue weighted by molar-refractivity contribution is 6.26. The van der Waals surface area contributed by atoms with Crippen molar-refractivity contribution in [3.63, 3.8) is 0 Å². The van der Waals surface area contributed by atoms with Gasteiger partial charge in [-0.25, -0.2) is 0 Å². The Morgan fingerprint density at radius 3 is 2.59 bits per heavy atom. The maximum atomic E-state index is 8.34. The molecular weight excluding hydrogens is 208 g/mol. The molecule has 1 heterocycles. The summed E-state index contributed by atoms with van der Waals surface area (Å²) < 4.78 is 0. The molecular formula is C15H16N2. The number of rotatable bonds is 2. The molecule has 17 heavy (non-hydrogen) atoms. The van der Waals surface area contributed by atoms with Crippen LogP contribution in [0.3, 0.4) is 0 Å². The van der Waals surface area contributed by atoms with Gasteiger partial charge in [0.15, 0.2) is 0 Å².